The monoisotopic (exact) mass is 396 g/mol. The van der Waals surface area contributed by atoms with Crippen LogP contribution in [0.4, 0.5) is 5.69 Å². The van der Waals surface area contributed by atoms with Gasteiger partial charge >= 0.3 is 0 Å². The maximum absolute atomic E-state index is 12.5. The van der Waals surface area contributed by atoms with Crippen LogP contribution in [0.2, 0.25) is 0 Å². The van der Waals surface area contributed by atoms with E-state index in [-0.39, 0.29) is 24.1 Å². The van der Waals surface area contributed by atoms with Gasteiger partial charge in [0.2, 0.25) is 11.8 Å². The maximum Gasteiger partial charge on any atom is 0.240 e. The second-order valence-corrected chi connectivity index (χ2v) is 7.51. The number of thioether (sulfide) groups is 1. The van der Waals surface area contributed by atoms with Crippen molar-refractivity contribution in [3.05, 3.63) is 59.7 Å². The minimum atomic E-state index is -0.243. The molecule has 4 rings (SSSR count). The van der Waals surface area contributed by atoms with E-state index < -0.39 is 0 Å². The summed E-state index contributed by atoms with van der Waals surface area (Å²) >= 11 is 1.45. The highest BCUT2D eigenvalue weighted by molar-refractivity contribution is 8.00. The Bertz CT molecular complexity index is 1030. The van der Waals surface area contributed by atoms with Crippen molar-refractivity contribution in [2.24, 2.45) is 0 Å². The van der Waals surface area contributed by atoms with Gasteiger partial charge in [-0.15, -0.1) is 0 Å². The molecule has 0 saturated carbocycles. The van der Waals surface area contributed by atoms with Gasteiger partial charge < -0.3 is 9.73 Å². The molecule has 0 spiro atoms. The molecule has 0 aliphatic carbocycles. The predicted molar refractivity (Wildman–Crippen MR) is 107 cm³/mol. The van der Waals surface area contributed by atoms with Gasteiger partial charge in [0.25, 0.3) is 0 Å². The molecule has 1 aliphatic rings. The number of aromatic nitrogens is 2. The molecule has 0 fully saturated rings. The number of anilines is 1. The molecule has 0 radical (unpaired) electrons. The van der Waals surface area contributed by atoms with Gasteiger partial charge in [-0.1, -0.05) is 30.0 Å². The van der Waals surface area contributed by atoms with Crippen LogP contribution in [0, 0.1) is 13.8 Å². The number of rotatable bonds is 5. The molecule has 0 saturated heterocycles. The average Bonchev–Trinajstić information content (AvgIpc) is 3.26. The van der Waals surface area contributed by atoms with Gasteiger partial charge in [0, 0.05) is 0 Å². The molecule has 0 bridgehead atoms. The first-order valence-corrected chi connectivity index (χ1v) is 9.91. The Kier molecular flexibility index (Phi) is 4.95. The summed E-state index contributed by atoms with van der Waals surface area (Å²) in [5.74, 6) is 1.40. The zero-order chi connectivity index (χ0) is 19.7. The molecule has 144 valence electrons. The lowest BCUT2D eigenvalue weighted by atomic mass is 10.3. The van der Waals surface area contributed by atoms with Crippen LogP contribution in [0.3, 0.4) is 0 Å². The lowest BCUT2D eigenvalue weighted by Gasteiger charge is -2.26. The number of aryl methyl sites for hydroxylation is 2. The molecule has 2 amide bonds. The van der Waals surface area contributed by atoms with E-state index in [1.807, 2.05) is 61.0 Å². The van der Waals surface area contributed by atoms with E-state index >= 15 is 0 Å². The maximum atomic E-state index is 12.5. The summed E-state index contributed by atoms with van der Waals surface area (Å²) < 4.78 is 7.29. The van der Waals surface area contributed by atoms with E-state index in [4.69, 9.17) is 4.42 Å². The highest BCUT2D eigenvalue weighted by Crippen LogP contribution is 2.39. The summed E-state index contributed by atoms with van der Waals surface area (Å²) in [7, 11) is 0. The van der Waals surface area contributed by atoms with Gasteiger partial charge in [-0.05, 0) is 38.1 Å². The fraction of sp³-hybridized carbons (Fsp3) is 0.250. The Hall–Kier alpha value is -3.00. The molecule has 3 heterocycles. The molecule has 1 aromatic carbocycles. The van der Waals surface area contributed by atoms with Crippen LogP contribution < -0.4 is 10.2 Å². The van der Waals surface area contributed by atoms with Crippen molar-refractivity contribution in [2.45, 2.75) is 25.4 Å². The molecule has 1 aliphatic heterocycles. The normalized spacial score (nSPS) is 13.5. The smallest absolute Gasteiger partial charge is 0.240 e. The van der Waals surface area contributed by atoms with E-state index in [0.717, 1.165) is 16.5 Å². The van der Waals surface area contributed by atoms with Gasteiger partial charge in [0.1, 0.15) is 23.1 Å². The van der Waals surface area contributed by atoms with Crippen LogP contribution in [0.15, 0.2) is 51.9 Å². The van der Waals surface area contributed by atoms with Crippen LogP contribution in [0.25, 0.3) is 5.69 Å². The third-order valence-electron chi connectivity index (χ3n) is 4.45. The molecule has 28 heavy (non-hydrogen) atoms. The number of furan rings is 1. The van der Waals surface area contributed by atoms with E-state index in [0.29, 0.717) is 23.7 Å². The number of hydrogen-bond acceptors (Lipinski definition) is 5. The lowest BCUT2D eigenvalue weighted by Crippen LogP contribution is -2.43. The highest BCUT2D eigenvalue weighted by atomic mass is 32.2. The quantitative estimate of drug-likeness (QED) is 0.717. The molecule has 7 nitrogen and oxygen atoms in total. The Labute approximate surface area is 166 Å². The second kappa shape index (κ2) is 7.55. The number of fused-ring (bicyclic) bond motifs is 1. The van der Waals surface area contributed by atoms with Crippen LogP contribution in [-0.4, -0.2) is 33.9 Å². The number of para-hydroxylation sites is 1. The second-order valence-electron chi connectivity index (χ2n) is 6.54. The van der Waals surface area contributed by atoms with E-state index in [2.05, 4.69) is 10.4 Å². The van der Waals surface area contributed by atoms with Crippen molar-refractivity contribution in [2.75, 3.05) is 17.2 Å². The van der Waals surface area contributed by atoms with Gasteiger partial charge in [-0.25, -0.2) is 4.68 Å². The van der Waals surface area contributed by atoms with Crippen LogP contribution in [-0.2, 0) is 16.1 Å². The van der Waals surface area contributed by atoms with E-state index in [1.54, 1.807) is 0 Å². The standard InChI is InChI=1S/C20H20N4O3S/c1-13-8-9-16(27-13)10-21-17(25)11-23-18(26)12-28-20-19(23)14(2)22-24(20)15-6-4-3-5-7-15/h3-9H,10-12H2,1-2H3,(H,21,25). The highest BCUT2D eigenvalue weighted by Gasteiger charge is 2.32. The molecule has 8 heteroatoms. The Balaban J connectivity index is 1.55. The van der Waals surface area contributed by atoms with E-state index in [9.17, 15) is 9.59 Å². The SMILES string of the molecule is Cc1ccc(CNC(=O)CN2C(=O)CSc3c2c(C)nn3-c2ccccc2)o1. The van der Waals surface area contributed by atoms with Crippen LogP contribution >= 0.6 is 11.8 Å². The minimum Gasteiger partial charge on any atom is -0.465 e. The Morgan fingerprint density at radius 3 is 2.71 bits per heavy atom. The van der Waals surface area contributed by atoms with Gasteiger partial charge in [-0.3, -0.25) is 14.5 Å². The Morgan fingerprint density at radius 2 is 2.00 bits per heavy atom. The van der Waals surface area contributed by atoms with Gasteiger partial charge in [0.15, 0.2) is 0 Å². The fourth-order valence-corrected chi connectivity index (χ4v) is 4.23. The molecule has 2 aromatic heterocycles. The fourth-order valence-electron chi connectivity index (χ4n) is 3.15. The largest absolute Gasteiger partial charge is 0.465 e. The lowest BCUT2D eigenvalue weighted by molar-refractivity contribution is -0.123. The van der Waals surface area contributed by atoms with Crippen LogP contribution in [0.1, 0.15) is 17.2 Å². The predicted octanol–water partition coefficient (Wildman–Crippen LogP) is 2.84. The zero-order valence-corrected chi connectivity index (χ0v) is 16.5. The van der Waals surface area contributed by atoms with E-state index in [1.165, 1.54) is 16.7 Å². The number of amides is 2. The van der Waals surface area contributed by atoms with Crippen molar-refractivity contribution in [3.63, 3.8) is 0 Å². The molecule has 0 unspecified atom stereocenters. The first-order chi connectivity index (χ1) is 13.5. The number of nitrogens with zero attached hydrogens (tertiary/aromatic N) is 3. The average molecular weight is 396 g/mol. The first kappa shape index (κ1) is 18.4. The molecular weight excluding hydrogens is 376 g/mol. The summed E-state index contributed by atoms with van der Waals surface area (Å²) in [4.78, 5) is 26.5. The van der Waals surface area contributed by atoms with Crippen molar-refractivity contribution < 1.29 is 14.0 Å². The number of carbonyl (C=O) groups excluding carboxylic acids is 2. The third-order valence-corrected chi connectivity index (χ3v) is 5.48. The van der Waals surface area contributed by atoms with Gasteiger partial charge in [0.05, 0.1) is 29.4 Å². The summed E-state index contributed by atoms with van der Waals surface area (Å²) in [6.45, 7) is 3.95. The molecule has 1 N–H and O–H groups in total. The topological polar surface area (TPSA) is 80.4 Å². The number of benzene rings is 1. The van der Waals surface area contributed by atoms with Crippen molar-refractivity contribution in [1.29, 1.82) is 0 Å². The third kappa shape index (κ3) is 3.55. The zero-order valence-electron chi connectivity index (χ0n) is 15.6. The number of hydrogen-bond donors (Lipinski definition) is 1. The van der Waals surface area contributed by atoms with Crippen LogP contribution in [0.5, 0.6) is 0 Å². The molecule has 0 atom stereocenters. The minimum absolute atomic E-state index is 0.0482. The summed E-state index contributed by atoms with van der Waals surface area (Å²) in [5, 5.41) is 8.29. The summed E-state index contributed by atoms with van der Waals surface area (Å²) in [5.41, 5.74) is 2.34. The van der Waals surface area contributed by atoms with Crippen molar-refractivity contribution in [1.82, 2.24) is 15.1 Å². The first-order valence-electron chi connectivity index (χ1n) is 8.93. The molecule has 3 aromatic rings. The van der Waals surface area contributed by atoms with Crippen molar-refractivity contribution >= 4 is 29.3 Å². The Morgan fingerprint density at radius 1 is 1.21 bits per heavy atom. The van der Waals surface area contributed by atoms with Gasteiger partial charge in [-0.2, -0.15) is 5.10 Å². The van der Waals surface area contributed by atoms with Crippen molar-refractivity contribution in [3.8, 4) is 5.69 Å². The summed E-state index contributed by atoms with van der Waals surface area (Å²) in [6, 6.07) is 13.4. The number of nitrogens with one attached hydrogen (secondary N) is 1. The molecular formula is C20H20N4O3S. The summed E-state index contributed by atoms with van der Waals surface area (Å²) in [6.07, 6.45) is 0. The number of carbonyl (C=O) groups is 2.